The predicted octanol–water partition coefficient (Wildman–Crippen LogP) is 1.21. The molecular formula is C17H22N6O2. The molecule has 4 rings (SSSR count). The minimum atomic E-state index is -0.0495. The average molecular weight is 342 g/mol. The molecule has 0 bridgehead atoms. The Bertz CT molecular complexity index is 714. The summed E-state index contributed by atoms with van der Waals surface area (Å²) in [7, 11) is 0. The monoisotopic (exact) mass is 342 g/mol. The van der Waals surface area contributed by atoms with Crippen LogP contribution >= 0.6 is 0 Å². The number of hydrogen-bond acceptors (Lipinski definition) is 5. The number of amides is 2. The number of morpholine rings is 1. The van der Waals surface area contributed by atoms with Gasteiger partial charge in [-0.15, -0.1) is 5.10 Å². The van der Waals surface area contributed by atoms with Crippen LogP contribution in [0.15, 0.2) is 36.7 Å². The number of urea groups is 1. The van der Waals surface area contributed by atoms with E-state index < -0.39 is 0 Å². The van der Waals surface area contributed by atoms with E-state index in [9.17, 15) is 4.79 Å². The quantitative estimate of drug-likeness (QED) is 0.907. The van der Waals surface area contributed by atoms with Crippen LogP contribution in [0.2, 0.25) is 0 Å². The Morgan fingerprint density at radius 3 is 2.92 bits per heavy atom. The summed E-state index contributed by atoms with van der Waals surface area (Å²) in [5.74, 6) is 0. The lowest BCUT2D eigenvalue weighted by Crippen LogP contribution is -2.45. The molecule has 2 amide bonds. The molecule has 2 aromatic rings. The third-order valence-corrected chi connectivity index (χ3v) is 4.80. The van der Waals surface area contributed by atoms with Crippen molar-refractivity contribution in [2.45, 2.75) is 12.5 Å². The third-order valence-electron chi connectivity index (χ3n) is 4.80. The summed E-state index contributed by atoms with van der Waals surface area (Å²) in [6, 6.07) is 7.99. The third kappa shape index (κ3) is 3.64. The molecule has 1 aromatic heterocycles. The van der Waals surface area contributed by atoms with Crippen LogP contribution in [0.1, 0.15) is 6.42 Å². The van der Waals surface area contributed by atoms with Crippen molar-refractivity contribution in [1.82, 2.24) is 24.8 Å². The second-order valence-electron chi connectivity index (χ2n) is 6.36. The Labute approximate surface area is 146 Å². The summed E-state index contributed by atoms with van der Waals surface area (Å²) in [5.41, 5.74) is 1.62. The van der Waals surface area contributed by atoms with E-state index in [0.717, 1.165) is 57.2 Å². The molecule has 2 fully saturated rings. The molecule has 1 N–H and O–H groups in total. The van der Waals surface area contributed by atoms with Gasteiger partial charge in [-0.05, 0) is 24.6 Å². The molecule has 1 atom stereocenters. The second kappa shape index (κ2) is 7.20. The Hall–Kier alpha value is -2.45. The Balaban J connectivity index is 1.37. The van der Waals surface area contributed by atoms with Gasteiger partial charge in [-0.3, -0.25) is 4.90 Å². The molecule has 2 aliphatic rings. The second-order valence-corrected chi connectivity index (χ2v) is 6.36. The number of ether oxygens (including phenoxy) is 1. The molecule has 0 unspecified atom stereocenters. The first-order chi connectivity index (χ1) is 12.3. The van der Waals surface area contributed by atoms with Crippen LogP contribution in [-0.4, -0.2) is 76.3 Å². The number of benzene rings is 1. The van der Waals surface area contributed by atoms with Gasteiger partial charge < -0.3 is 15.0 Å². The molecule has 132 valence electrons. The average Bonchev–Trinajstić information content (AvgIpc) is 3.35. The number of likely N-dealkylation sites (tertiary alicyclic amines) is 1. The summed E-state index contributed by atoms with van der Waals surface area (Å²) in [4.78, 5) is 16.9. The van der Waals surface area contributed by atoms with Gasteiger partial charge in [-0.25, -0.2) is 9.48 Å². The number of anilines is 1. The molecule has 8 heteroatoms. The highest BCUT2D eigenvalue weighted by atomic mass is 16.5. The van der Waals surface area contributed by atoms with Gasteiger partial charge in [0.05, 0.1) is 31.3 Å². The van der Waals surface area contributed by atoms with Crippen molar-refractivity contribution in [3.05, 3.63) is 36.7 Å². The number of carbonyl (C=O) groups is 1. The van der Waals surface area contributed by atoms with Crippen LogP contribution in [0.25, 0.3) is 5.69 Å². The smallest absolute Gasteiger partial charge is 0.321 e. The maximum atomic E-state index is 12.6. The van der Waals surface area contributed by atoms with Gasteiger partial charge in [-0.1, -0.05) is 11.3 Å². The number of hydrogen-bond donors (Lipinski definition) is 1. The van der Waals surface area contributed by atoms with Crippen LogP contribution in [0, 0.1) is 0 Å². The Morgan fingerprint density at radius 1 is 1.24 bits per heavy atom. The van der Waals surface area contributed by atoms with Gasteiger partial charge in [0.15, 0.2) is 0 Å². The summed E-state index contributed by atoms with van der Waals surface area (Å²) < 4.78 is 7.07. The van der Waals surface area contributed by atoms with E-state index in [-0.39, 0.29) is 6.03 Å². The molecule has 3 heterocycles. The van der Waals surface area contributed by atoms with Crippen molar-refractivity contribution in [1.29, 1.82) is 0 Å². The van der Waals surface area contributed by atoms with E-state index in [1.807, 2.05) is 29.2 Å². The fourth-order valence-electron chi connectivity index (χ4n) is 3.44. The molecule has 1 aromatic carbocycles. The lowest BCUT2D eigenvalue weighted by molar-refractivity contribution is 0.0192. The molecule has 0 saturated carbocycles. The zero-order valence-corrected chi connectivity index (χ0v) is 14.0. The summed E-state index contributed by atoms with van der Waals surface area (Å²) in [6.07, 6.45) is 4.42. The fraction of sp³-hybridized carbons (Fsp3) is 0.471. The van der Waals surface area contributed by atoms with Crippen LogP contribution in [0.4, 0.5) is 10.5 Å². The van der Waals surface area contributed by atoms with Crippen LogP contribution in [0.5, 0.6) is 0 Å². The molecule has 8 nitrogen and oxygen atoms in total. The van der Waals surface area contributed by atoms with Gasteiger partial charge in [-0.2, -0.15) is 0 Å². The molecule has 2 aliphatic heterocycles. The van der Waals surface area contributed by atoms with E-state index in [1.165, 1.54) is 0 Å². The number of rotatable bonds is 3. The number of nitrogens with zero attached hydrogens (tertiary/aromatic N) is 5. The van der Waals surface area contributed by atoms with Crippen LogP contribution in [0.3, 0.4) is 0 Å². The zero-order chi connectivity index (χ0) is 17.1. The van der Waals surface area contributed by atoms with Gasteiger partial charge in [0.25, 0.3) is 0 Å². The molecule has 25 heavy (non-hydrogen) atoms. The Kier molecular flexibility index (Phi) is 4.62. The van der Waals surface area contributed by atoms with Gasteiger partial charge >= 0.3 is 6.03 Å². The van der Waals surface area contributed by atoms with E-state index in [4.69, 9.17) is 4.74 Å². The van der Waals surface area contributed by atoms with Crippen LogP contribution in [-0.2, 0) is 4.74 Å². The molecule has 2 saturated heterocycles. The van der Waals surface area contributed by atoms with Crippen molar-refractivity contribution in [2.75, 3.05) is 44.7 Å². The maximum Gasteiger partial charge on any atom is 0.321 e. The van der Waals surface area contributed by atoms with Crippen molar-refractivity contribution in [3.63, 3.8) is 0 Å². The lowest BCUT2D eigenvalue weighted by Gasteiger charge is -2.32. The number of aromatic nitrogens is 3. The molecule has 0 aliphatic carbocycles. The van der Waals surface area contributed by atoms with Crippen molar-refractivity contribution < 1.29 is 9.53 Å². The molecule has 0 spiro atoms. The number of carbonyl (C=O) groups excluding carboxylic acids is 1. The minimum absolute atomic E-state index is 0.0495. The van der Waals surface area contributed by atoms with Gasteiger partial charge in [0.2, 0.25) is 0 Å². The van der Waals surface area contributed by atoms with E-state index in [0.29, 0.717) is 6.04 Å². The first kappa shape index (κ1) is 16.0. The summed E-state index contributed by atoms with van der Waals surface area (Å²) >= 11 is 0. The zero-order valence-electron chi connectivity index (χ0n) is 14.0. The van der Waals surface area contributed by atoms with E-state index in [1.54, 1.807) is 17.1 Å². The van der Waals surface area contributed by atoms with Gasteiger partial charge in [0, 0.05) is 37.9 Å². The largest absolute Gasteiger partial charge is 0.379 e. The van der Waals surface area contributed by atoms with E-state index in [2.05, 4.69) is 20.5 Å². The number of nitrogens with one attached hydrogen (secondary N) is 1. The SMILES string of the molecule is O=C(Nc1cccc(-n2ccnn2)c1)N1CC[C@H](N2CCOCC2)C1. The first-order valence-electron chi connectivity index (χ1n) is 8.64. The van der Waals surface area contributed by atoms with Gasteiger partial charge in [0.1, 0.15) is 0 Å². The van der Waals surface area contributed by atoms with E-state index >= 15 is 0 Å². The molecule has 0 radical (unpaired) electrons. The lowest BCUT2D eigenvalue weighted by atomic mass is 10.2. The first-order valence-corrected chi connectivity index (χ1v) is 8.64. The minimum Gasteiger partial charge on any atom is -0.379 e. The van der Waals surface area contributed by atoms with Crippen molar-refractivity contribution >= 4 is 11.7 Å². The van der Waals surface area contributed by atoms with Crippen molar-refractivity contribution in [2.24, 2.45) is 0 Å². The van der Waals surface area contributed by atoms with Crippen LogP contribution < -0.4 is 5.32 Å². The highest BCUT2D eigenvalue weighted by Gasteiger charge is 2.31. The van der Waals surface area contributed by atoms with Crippen molar-refractivity contribution in [3.8, 4) is 5.69 Å². The highest BCUT2D eigenvalue weighted by molar-refractivity contribution is 5.89. The standard InChI is InChI=1S/C17H22N6O2/c24-17(22-6-4-16(13-22)21-8-10-25-11-9-21)19-14-2-1-3-15(12-14)23-7-5-18-20-23/h1-3,5,7,12,16H,4,6,8-11,13H2,(H,19,24)/t16-/m0/s1. The Morgan fingerprint density at radius 2 is 2.12 bits per heavy atom. The highest BCUT2D eigenvalue weighted by Crippen LogP contribution is 2.19. The molecular weight excluding hydrogens is 320 g/mol. The predicted molar refractivity (Wildman–Crippen MR) is 92.7 cm³/mol. The summed E-state index contributed by atoms with van der Waals surface area (Å²) in [5, 5.41) is 10.8. The topological polar surface area (TPSA) is 75.5 Å². The maximum absolute atomic E-state index is 12.6. The fourth-order valence-corrected chi connectivity index (χ4v) is 3.44. The normalized spacial score (nSPS) is 21.4. The summed E-state index contributed by atoms with van der Waals surface area (Å²) in [6.45, 7) is 5.06.